The number of hydrogen-bond acceptors (Lipinski definition) is 3. The summed E-state index contributed by atoms with van der Waals surface area (Å²) in [7, 11) is -3.78. The van der Waals surface area contributed by atoms with Crippen LogP contribution in [-0.4, -0.2) is 15.0 Å². The van der Waals surface area contributed by atoms with Crippen LogP contribution >= 0.6 is 11.6 Å². The van der Waals surface area contributed by atoms with E-state index >= 15 is 0 Å². The van der Waals surface area contributed by atoms with Gasteiger partial charge in [-0.05, 0) is 48.4 Å². The molecule has 0 unspecified atom stereocenters. The van der Waals surface area contributed by atoms with Gasteiger partial charge in [-0.1, -0.05) is 59.6 Å². The summed E-state index contributed by atoms with van der Waals surface area (Å²) >= 11 is 6.02. The SMILES string of the molecule is Cc1ccc(S(=O)(=O)N2C[C@@H](c3ccc(Cl)cc3)[C@H](C#N)c3ccccc32)cc1. The Morgan fingerprint density at radius 2 is 1.66 bits per heavy atom. The van der Waals surface area contributed by atoms with Crippen LogP contribution in [0.25, 0.3) is 0 Å². The summed E-state index contributed by atoms with van der Waals surface area (Å²) in [4.78, 5) is 0.239. The molecule has 0 saturated heterocycles. The molecule has 29 heavy (non-hydrogen) atoms. The molecule has 0 amide bonds. The number of nitriles is 1. The highest BCUT2D eigenvalue weighted by Crippen LogP contribution is 2.45. The Labute approximate surface area is 176 Å². The third-order valence-electron chi connectivity index (χ3n) is 5.35. The second kappa shape index (κ2) is 7.55. The lowest BCUT2D eigenvalue weighted by molar-refractivity contribution is 0.565. The number of aryl methyl sites for hydroxylation is 1. The zero-order valence-electron chi connectivity index (χ0n) is 15.8. The second-order valence-corrected chi connectivity index (χ2v) is 9.47. The predicted molar refractivity (Wildman–Crippen MR) is 115 cm³/mol. The van der Waals surface area contributed by atoms with Gasteiger partial charge in [0, 0.05) is 17.5 Å². The predicted octanol–water partition coefficient (Wildman–Crippen LogP) is 5.25. The van der Waals surface area contributed by atoms with Crippen LogP contribution in [0, 0.1) is 18.3 Å². The Kier molecular flexibility index (Phi) is 5.08. The minimum atomic E-state index is -3.78. The molecule has 0 aromatic heterocycles. The molecule has 0 fully saturated rings. The maximum Gasteiger partial charge on any atom is 0.264 e. The first-order valence-electron chi connectivity index (χ1n) is 9.25. The number of sulfonamides is 1. The van der Waals surface area contributed by atoms with Gasteiger partial charge in [-0.2, -0.15) is 5.26 Å². The summed E-state index contributed by atoms with van der Waals surface area (Å²) in [6.07, 6.45) is 0. The lowest BCUT2D eigenvalue weighted by atomic mass is 9.79. The highest BCUT2D eigenvalue weighted by molar-refractivity contribution is 7.92. The highest BCUT2D eigenvalue weighted by Gasteiger charge is 2.39. The van der Waals surface area contributed by atoms with Crippen LogP contribution in [0.2, 0.25) is 5.02 Å². The molecule has 6 heteroatoms. The van der Waals surface area contributed by atoms with Gasteiger partial charge in [0.1, 0.15) is 0 Å². The van der Waals surface area contributed by atoms with Gasteiger partial charge in [0.15, 0.2) is 0 Å². The van der Waals surface area contributed by atoms with Crippen molar-refractivity contribution >= 4 is 27.3 Å². The Hall–Kier alpha value is -2.81. The van der Waals surface area contributed by atoms with Crippen molar-refractivity contribution in [2.45, 2.75) is 23.7 Å². The highest BCUT2D eigenvalue weighted by atomic mass is 35.5. The van der Waals surface area contributed by atoms with Crippen molar-refractivity contribution in [1.82, 2.24) is 0 Å². The lowest BCUT2D eigenvalue weighted by Crippen LogP contribution is -2.40. The Bertz CT molecular complexity index is 1180. The Morgan fingerprint density at radius 1 is 1.00 bits per heavy atom. The summed E-state index contributed by atoms with van der Waals surface area (Å²) in [6, 6.07) is 23.7. The quantitative estimate of drug-likeness (QED) is 0.579. The molecule has 0 radical (unpaired) electrons. The summed E-state index contributed by atoms with van der Waals surface area (Å²) < 4.78 is 28.4. The number of rotatable bonds is 3. The van der Waals surface area contributed by atoms with Crippen molar-refractivity contribution in [2.75, 3.05) is 10.8 Å². The summed E-state index contributed by atoms with van der Waals surface area (Å²) in [5.41, 5.74) is 3.16. The van der Waals surface area contributed by atoms with E-state index in [4.69, 9.17) is 11.6 Å². The molecule has 1 aliphatic heterocycles. The molecule has 0 N–H and O–H groups in total. The molecule has 1 aliphatic rings. The minimum Gasteiger partial charge on any atom is -0.265 e. The first-order chi connectivity index (χ1) is 13.9. The van der Waals surface area contributed by atoms with Crippen molar-refractivity contribution in [1.29, 1.82) is 5.26 Å². The fourth-order valence-corrected chi connectivity index (χ4v) is 5.45. The van der Waals surface area contributed by atoms with Gasteiger partial charge >= 0.3 is 0 Å². The van der Waals surface area contributed by atoms with E-state index in [-0.39, 0.29) is 17.4 Å². The number of anilines is 1. The van der Waals surface area contributed by atoms with E-state index in [1.54, 1.807) is 48.5 Å². The van der Waals surface area contributed by atoms with Crippen molar-refractivity contribution in [3.63, 3.8) is 0 Å². The van der Waals surface area contributed by atoms with E-state index in [1.165, 1.54) is 4.31 Å². The smallest absolute Gasteiger partial charge is 0.264 e. The maximum absolute atomic E-state index is 13.5. The van der Waals surface area contributed by atoms with Crippen LogP contribution in [0.15, 0.2) is 77.7 Å². The van der Waals surface area contributed by atoms with E-state index in [9.17, 15) is 13.7 Å². The van der Waals surface area contributed by atoms with Crippen LogP contribution in [-0.2, 0) is 10.0 Å². The van der Waals surface area contributed by atoms with Gasteiger partial charge < -0.3 is 0 Å². The third-order valence-corrected chi connectivity index (χ3v) is 7.40. The van der Waals surface area contributed by atoms with Crippen LogP contribution in [0.1, 0.15) is 28.5 Å². The number of benzene rings is 3. The van der Waals surface area contributed by atoms with Crippen LogP contribution < -0.4 is 4.31 Å². The Morgan fingerprint density at radius 3 is 2.31 bits per heavy atom. The minimum absolute atomic E-state index is 0.188. The van der Waals surface area contributed by atoms with Crippen LogP contribution in [0.5, 0.6) is 0 Å². The summed E-state index contributed by atoms with van der Waals surface area (Å²) in [6.45, 7) is 2.10. The van der Waals surface area contributed by atoms with Gasteiger partial charge in [0.25, 0.3) is 10.0 Å². The molecule has 4 nitrogen and oxygen atoms in total. The van der Waals surface area contributed by atoms with E-state index < -0.39 is 15.9 Å². The lowest BCUT2D eigenvalue weighted by Gasteiger charge is -2.38. The summed E-state index contributed by atoms with van der Waals surface area (Å²) in [5, 5.41) is 10.5. The number of halogens is 1. The average molecular weight is 423 g/mol. The van der Waals surface area contributed by atoms with Crippen molar-refractivity contribution < 1.29 is 8.42 Å². The number of nitrogens with zero attached hydrogens (tertiary/aromatic N) is 2. The molecule has 4 rings (SSSR count). The molecule has 1 heterocycles. The zero-order chi connectivity index (χ0) is 20.6. The van der Waals surface area contributed by atoms with E-state index in [0.717, 1.165) is 16.7 Å². The zero-order valence-corrected chi connectivity index (χ0v) is 17.4. The summed E-state index contributed by atoms with van der Waals surface area (Å²) in [5.74, 6) is -0.746. The molecule has 3 aromatic rings. The molecule has 3 aromatic carbocycles. The molecule has 146 valence electrons. The standard InChI is InChI=1S/C23H19ClN2O2S/c1-16-6-12-19(13-7-16)29(27,28)26-15-22(17-8-10-18(24)11-9-17)21(14-25)20-4-2-3-5-23(20)26/h2-13,21-22H,15H2,1H3/t21-,22+/m1/s1. The molecule has 0 bridgehead atoms. The Balaban J connectivity index is 1.86. The average Bonchev–Trinajstić information content (AvgIpc) is 2.73. The molecule has 0 spiro atoms. The third kappa shape index (κ3) is 3.50. The monoisotopic (exact) mass is 422 g/mol. The van der Waals surface area contributed by atoms with E-state index in [1.807, 2.05) is 31.2 Å². The fraction of sp³-hybridized carbons (Fsp3) is 0.174. The maximum atomic E-state index is 13.5. The fourth-order valence-electron chi connectivity index (χ4n) is 3.81. The van der Waals surface area contributed by atoms with Gasteiger partial charge in [0.2, 0.25) is 0 Å². The van der Waals surface area contributed by atoms with Gasteiger partial charge in [-0.3, -0.25) is 4.31 Å². The molecule has 2 atom stereocenters. The topological polar surface area (TPSA) is 61.2 Å². The van der Waals surface area contributed by atoms with Crippen molar-refractivity contribution in [3.8, 4) is 6.07 Å². The van der Waals surface area contributed by atoms with Gasteiger partial charge in [-0.25, -0.2) is 8.42 Å². The number of para-hydroxylation sites is 1. The largest absolute Gasteiger partial charge is 0.265 e. The van der Waals surface area contributed by atoms with E-state index in [2.05, 4.69) is 6.07 Å². The van der Waals surface area contributed by atoms with Crippen molar-refractivity contribution in [2.24, 2.45) is 0 Å². The van der Waals surface area contributed by atoms with Crippen LogP contribution in [0.4, 0.5) is 5.69 Å². The first-order valence-corrected chi connectivity index (χ1v) is 11.1. The van der Waals surface area contributed by atoms with Crippen LogP contribution in [0.3, 0.4) is 0 Å². The first kappa shape index (κ1) is 19.5. The molecular formula is C23H19ClN2O2S. The number of hydrogen-bond donors (Lipinski definition) is 0. The molecule has 0 aliphatic carbocycles. The van der Waals surface area contributed by atoms with Crippen molar-refractivity contribution in [3.05, 3.63) is 94.5 Å². The second-order valence-electron chi connectivity index (χ2n) is 7.17. The molecule has 0 saturated carbocycles. The molecular weight excluding hydrogens is 404 g/mol. The van der Waals surface area contributed by atoms with Gasteiger partial charge in [-0.15, -0.1) is 0 Å². The normalized spacial score (nSPS) is 18.7. The number of fused-ring (bicyclic) bond motifs is 1. The van der Waals surface area contributed by atoms with E-state index in [0.29, 0.717) is 10.7 Å². The van der Waals surface area contributed by atoms with Gasteiger partial charge in [0.05, 0.1) is 22.6 Å².